The van der Waals surface area contributed by atoms with Crippen molar-refractivity contribution in [2.75, 3.05) is 11.9 Å². The van der Waals surface area contributed by atoms with Gasteiger partial charge in [0, 0.05) is 23.4 Å². The summed E-state index contributed by atoms with van der Waals surface area (Å²) in [5.74, 6) is -2.68. The van der Waals surface area contributed by atoms with Gasteiger partial charge in [-0.1, -0.05) is 49.7 Å². The summed E-state index contributed by atoms with van der Waals surface area (Å²) in [5, 5.41) is 18.1. The molecule has 8 nitrogen and oxygen atoms in total. The van der Waals surface area contributed by atoms with Gasteiger partial charge in [0.25, 0.3) is 5.91 Å². The Morgan fingerprint density at radius 1 is 1.09 bits per heavy atom. The molecule has 0 fully saturated rings. The fourth-order valence-corrected chi connectivity index (χ4v) is 3.37. The first kappa shape index (κ1) is 25.7. The van der Waals surface area contributed by atoms with Gasteiger partial charge in [0.05, 0.1) is 12.5 Å². The predicted molar refractivity (Wildman–Crippen MR) is 122 cm³/mol. The van der Waals surface area contributed by atoms with Gasteiger partial charge in [-0.15, -0.1) is 0 Å². The van der Waals surface area contributed by atoms with Crippen LogP contribution in [0.2, 0.25) is 0 Å². The van der Waals surface area contributed by atoms with Crippen LogP contribution < -0.4 is 10.6 Å². The molecule has 0 saturated heterocycles. The van der Waals surface area contributed by atoms with Crippen molar-refractivity contribution in [2.45, 2.75) is 38.9 Å². The van der Waals surface area contributed by atoms with Gasteiger partial charge in [0.15, 0.2) is 0 Å². The van der Waals surface area contributed by atoms with Crippen molar-refractivity contribution >= 4 is 17.6 Å². The highest BCUT2D eigenvalue weighted by atomic mass is 19.4. The van der Waals surface area contributed by atoms with Gasteiger partial charge < -0.3 is 20.3 Å². The van der Waals surface area contributed by atoms with Crippen LogP contribution in [0.3, 0.4) is 0 Å². The Morgan fingerprint density at radius 2 is 1.74 bits per heavy atom. The number of rotatable bonds is 10. The number of aliphatic carboxylic acids is 1. The number of hydrogen-bond acceptors (Lipinski definition) is 6. The molecule has 11 heteroatoms. The number of halogens is 3. The molecule has 35 heavy (non-hydrogen) atoms. The Balaban J connectivity index is 1.72. The number of carboxylic acid groups (broad SMARTS) is 1. The molecule has 0 saturated carbocycles. The maximum atomic E-state index is 12.7. The molecule has 1 amide bonds. The van der Waals surface area contributed by atoms with E-state index in [0.717, 1.165) is 17.7 Å². The highest BCUT2D eigenvalue weighted by molar-refractivity contribution is 5.94. The van der Waals surface area contributed by atoms with E-state index < -0.39 is 18.0 Å². The van der Waals surface area contributed by atoms with Crippen LogP contribution in [0.1, 0.15) is 54.5 Å². The van der Waals surface area contributed by atoms with Crippen LogP contribution in [-0.4, -0.2) is 33.7 Å². The molecule has 2 aromatic carbocycles. The SMILES string of the molecule is CCC(C)C(Nc1ccc(C(=O)NCCC(=O)O)cc1)c1ccc(-c2noc(C(F)(F)F)n2)cc1. The molecule has 2 unspecified atom stereocenters. The fraction of sp³-hybridized carbons (Fsp3) is 0.333. The maximum absolute atomic E-state index is 12.7. The van der Waals surface area contributed by atoms with Crippen molar-refractivity contribution in [1.29, 1.82) is 0 Å². The average Bonchev–Trinajstić information content (AvgIpc) is 3.33. The number of nitrogens with zero attached hydrogens (tertiary/aromatic N) is 2. The first-order valence-electron chi connectivity index (χ1n) is 11.0. The van der Waals surface area contributed by atoms with E-state index in [-0.39, 0.29) is 36.7 Å². The van der Waals surface area contributed by atoms with Gasteiger partial charge >= 0.3 is 18.0 Å². The minimum Gasteiger partial charge on any atom is -0.481 e. The standard InChI is InChI=1S/C24H25F3N4O4/c1-3-14(2)20(29-18-10-8-17(9-11-18)22(34)28-13-12-19(32)33)15-4-6-16(7-5-15)21-30-23(35-31-21)24(25,26)27/h4-11,14,20,29H,3,12-13H2,1-2H3,(H,28,34)(H,32,33). The summed E-state index contributed by atoms with van der Waals surface area (Å²) in [4.78, 5) is 26.1. The van der Waals surface area contributed by atoms with E-state index >= 15 is 0 Å². The van der Waals surface area contributed by atoms with E-state index in [2.05, 4.69) is 39.1 Å². The zero-order valence-electron chi connectivity index (χ0n) is 19.1. The molecule has 0 bridgehead atoms. The van der Waals surface area contributed by atoms with E-state index in [1.807, 2.05) is 0 Å². The molecule has 186 valence electrons. The van der Waals surface area contributed by atoms with Crippen molar-refractivity contribution in [2.24, 2.45) is 5.92 Å². The lowest BCUT2D eigenvalue weighted by Crippen LogP contribution is -2.26. The maximum Gasteiger partial charge on any atom is 0.471 e. The lowest BCUT2D eigenvalue weighted by molar-refractivity contribution is -0.159. The number of anilines is 1. The monoisotopic (exact) mass is 490 g/mol. The molecular formula is C24H25F3N4O4. The summed E-state index contributed by atoms with van der Waals surface area (Å²) < 4.78 is 42.5. The van der Waals surface area contributed by atoms with Crippen molar-refractivity contribution in [3.63, 3.8) is 0 Å². The van der Waals surface area contributed by atoms with Crippen molar-refractivity contribution < 1.29 is 32.4 Å². The van der Waals surface area contributed by atoms with Gasteiger partial charge in [-0.25, -0.2) is 0 Å². The van der Waals surface area contributed by atoms with Crippen LogP contribution >= 0.6 is 0 Å². The zero-order valence-corrected chi connectivity index (χ0v) is 19.1. The molecule has 3 N–H and O–H groups in total. The normalized spacial score (nSPS) is 13.2. The van der Waals surface area contributed by atoms with Crippen LogP contribution in [0.25, 0.3) is 11.4 Å². The summed E-state index contributed by atoms with van der Waals surface area (Å²) in [6.45, 7) is 4.17. The number of aromatic nitrogens is 2. The molecule has 0 aliphatic rings. The smallest absolute Gasteiger partial charge is 0.471 e. The molecule has 0 radical (unpaired) electrons. The third-order valence-corrected chi connectivity index (χ3v) is 5.50. The molecule has 2 atom stereocenters. The molecule has 0 aliphatic carbocycles. The molecule has 0 aliphatic heterocycles. The topological polar surface area (TPSA) is 117 Å². The second-order valence-corrected chi connectivity index (χ2v) is 8.03. The van der Waals surface area contributed by atoms with Crippen LogP contribution in [-0.2, 0) is 11.0 Å². The molecule has 3 rings (SSSR count). The molecular weight excluding hydrogens is 465 g/mol. The first-order chi connectivity index (χ1) is 16.6. The lowest BCUT2D eigenvalue weighted by Gasteiger charge is -2.26. The van der Waals surface area contributed by atoms with Gasteiger partial charge in [0.1, 0.15) is 0 Å². The van der Waals surface area contributed by atoms with E-state index in [9.17, 15) is 22.8 Å². The molecule has 1 heterocycles. The highest BCUT2D eigenvalue weighted by Gasteiger charge is 2.38. The minimum absolute atomic E-state index is 0.0433. The van der Waals surface area contributed by atoms with Crippen LogP contribution in [0.15, 0.2) is 53.1 Å². The summed E-state index contributed by atoms with van der Waals surface area (Å²) in [5.41, 5.74) is 2.49. The quantitative estimate of drug-likeness (QED) is 0.359. The van der Waals surface area contributed by atoms with E-state index in [0.29, 0.717) is 11.1 Å². The van der Waals surface area contributed by atoms with Crippen LogP contribution in [0, 0.1) is 5.92 Å². The summed E-state index contributed by atoms with van der Waals surface area (Å²) in [6.07, 6.45) is -3.99. The molecule has 0 spiro atoms. The summed E-state index contributed by atoms with van der Waals surface area (Å²) in [7, 11) is 0. The van der Waals surface area contributed by atoms with Gasteiger partial charge in [0.2, 0.25) is 5.82 Å². The van der Waals surface area contributed by atoms with Crippen molar-refractivity contribution in [3.8, 4) is 11.4 Å². The number of benzene rings is 2. The minimum atomic E-state index is -4.70. The zero-order chi connectivity index (χ0) is 25.6. The van der Waals surface area contributed by atoms with Crippen molar-refractivity contribution in [1.82, 2.24) is 15.5 Å². The number of nitrogens with one attached hydrogen (secondary N) is 2. The molecule has 1 aromatic heterocycles. The van der Waals surface area contributed by atoms with Crippen LogP contribution in [0.5, 0.6) is 0 Å². The Morgan fingerprint density at radius 3 is 2.29 bits per heavy atom. The average molecular weight is 490 g/mol. The summed E-state index contributed by atoms with van der Waals surface area (Å²) in [6, 6.07) is 13.6. The Hall–Kier alpha value is -3.89. The number of carbonyl (C=O) groups excluding carboxylic acids is 1. The number of amides is 1. The largest absolute Gasteiger partial charge is 0.481 e. The molecule has 3 aromatic rings. The number of hydrogen-bond donors (Lipinski definition) is 3. The van der Waals surface area contributed by atoms with Crippen LogP contribution in [0.4, 0.5) is 18.9 Å². The van der Waals surface area contributed by atoms with Crippen molar-refractivity contribution in [3.05, 3.63) is 65.5 Å². The van der Waals surface area contributed by atoms with Gasteiger partial charge in [-0.3, -0.25) is 9.59 Å². The highest BCUT2D eigenvalue weighted by Crippen LogP contribution is 2.32. The third-order valence-electron chi connectivity index (χ3n) is 5.50. The second kappa shape index (κ2) is 11.0. The lowest BCUT2D eigenvalue weighted by atomic mass is 9.91. The Bertz CT molecular complexity index is 1140. The Kier molecular flexibility index (Phi) is 8.10. The number of carbonyl (C=O) groups is 2. The van der Waals surface area contributed by atoms with E-state index in [4.69, 9.17) is 5.11 Å². The van der Waals surface area contributed by atoms with E-state index in [1.165, 1.54) is 0 Å². The Labute approximate surface area is 199 Å². The predicted octanol–water partition coefficient (Wildman–Crippen LogP) is 5.16. The number of alkyl halides is 3. The summed E-state index contributed by atoms with van der Waals surface area (Å²) >= 11 is 0. The first-order valence-corrected chi connectivity index (χ1v) is 11.0. The number of carboxylic acids is 1. The van der Waals surface area contributed by atoms with Gasteiger partial charge in [-0.05, 0) is 35.7 Å². The van der Waals surface area contributed by atoms with E-state index in [1.54, 1.807) is 48.5 Å². The fourth-order valence-electron chi connectivity index (χ4n) is 3.37. The second-order valence-electron chi connectivity index (χ2n) is 8.03. The third kappa shape index (κ3) is 6.81. The van der Waals surface area contributed by atoms with Gasteiger partial charge in [-0.2, -0.15) is 18.2 Å².